The molecule has 3 N–H and O–H groups in total. The highest BCUT2D eigenvalue weighted by Crippen LogP contribution is 2.20. The van der Waals surface area contributed by atoms with E-state index in [1.54, 1.807) is 0 Å². The van der Waals surface area contributed by atoms with Crippen molar-refractivity contribution in [3.63, 3.8) is 0 Å². The van der Waals surface area contributed by atoms with Crippen LogP contribution in [0.3, 0.4) is 0 Å². The summed E-state index contributed by atoms with van der Waals surface area (Å²) in [4.78, 5) is 23.9. The zero-order chi connectivity index (χ0) is 18.1. The van der Waals surface area contributed by atoms with Crippen LogP contribution < -0.4 is 16.0 Å². The predicted octanol–water partition coefficient (Wildman–Crippen LogP) is 3.37. The van der Waals surface area contributed by atoms with Gasteiger partial charge in [0.2, 0.25) is 11.8 Å². The monoisotopic (exact) mass is 379 g/mol. The molecule has 0 atom stereocenters. The van der Waals surface area contributed by atoms with E-state index in [1.165, 1.54) is 18.2 Å². The lowest BCUT2D eigenvalue weighted by atomic mass is 10.1. The van der Waals surface area contributed by atoms with E-state index in [0.717, 1.165) is 12.1 Å². The van der Waals surface area contributed by atoms with Crippen molar-refractivity contribution in [2.24, 2.45) is 0 Å². The Hall–Kier alpha value is -2.44. The molecule has 140 valence electrons. The fraction of sp³-hybridized carbons (Fsp3) is 0.263. The smallest absolute Gasteiger partial charge is 0.228 e. The van der Waals surface area contributed by atoms with Gasteiger partial charge in [-0.3, -0.25) is 9.59 Å². The first kappa shape index (κ1) is 21.6. The summed E-state index contributed by atoms with van der Waals surface area (Å²) in [5.41, 5.74) is 1.34. The standard InChI is InChI=1S/C19H22FN3O2.ClH/c1-21-11-5-8-18(24)22-15-9-10-16(20)17(13-15)23-19(25)12-14-6-3-2-4-7-14;/h2-4,6-7,9-10,13,21H,5,8,11-12H2,1H3,(H,22,24)(H,23,25);1H. The maximum absolute atomic E-state index is 13.9. The van der Waals surface area contributed by atoms with Crippen molar-refractivity contribution in [3.8, 4) is 0 Å². The van der Waals surface area contributed by atoms with Crippen LogP contribution in [-0.4, -0.2) is 25.4 Å². The second-order valence-electron chi connectivity index (χ2n) is 5.66. The molecule has 5 nitrogen and oxygen atoms in total. The molecule has 0 aliphatic heterocycles. The van der Waals surface area contributed by atoms with Crippen molar-refractivity contribution in [1.82, 2.24) is 5.32 Å². The second-order valence-corrected chi connectivity index (χ2v) is 5.66. The van der Waals surface area contributed by atoms with Crippen molar-refractivity contribution >= 4 is 35.6 Å². The number of nitrogens with one attached hydrogen (secondary N) is 3. The zero-order valence-electron chi connectivity index (χ0n) is 14.5. The third kappa shape index (κ3) is 7.21. The molecule has 2 amide bonds. The van der Waals surface area contributed by atoms with E-state index in [-0.39, 0.29) is 36.3 Å². The number of hydrogen-bond acceptors (Lipinski definition) is 3. The SMILES string of the molecule is CNCCCC(=O)Nc1ccc(F)c(NC(=O)Cc2ccccc2)c1.Cl. The van der Waals surface area contributed by atoms with Gasteiger partial charge in [-0.1, -0.05) is 30.3 Å². The van der Waals surface area contributed by atoms with Gasteiger partial charge in [0.15, 0.2) is 0 Å². The van der Waals surface area contributed by atoms with E-state index < -0.39 is 5.82 Å². The van der Waals surface area contributed by atoms with Crippen molar-refractivity contribution in [2.45, 2.75) is 19.3 Å². The molecule has 0 saturated carbocycles. The van der Waals surface area contributed by atoms with Gasteiger partial charge >= 0.3 is 0 Å². The van der Waals surface area contributed by atoms with Crippen LogP contribution in [0.25, 0.3) is 0 Å². The minimum absolute atomic E-state index is 0. The zero-order valence-corrected chi connectivity index (χ0v) is 15.4. The van der Waals surface area contributed by atoms with Gasteiger partial charge in [0.05, 0.1) is 12.1 Å². The normalized spacial score (nSPS) is 9.92. The lowest BCUT2D eigenvalue weighted by Crippen LogP contribution is -2.17. The topological polar surface area (TPSA) is 70.2 Å². The number of anilines is 2. The van der Waals surface area contributed by atoms with Gasteiger partial charge in [-0.2, -0.15) is 0 Å². The maximum Gasteiger partial charge on any atom is 0.228 e. The average molecular weight is 380 g/mol. The van der Waals surface area contributed by atoms with Crippen LogP contribution in [0.2, 0.25) is 0 Å². The molecule has 0 bridgehead atoms. The predicted molar refractivity (Wildman–Crippen MR) is 104 cm³/mol. The second kappa shape index (κ2) is 11.2. The lowest BCUT2D eigenvalue weighted by molar-refractivity contribution is -0.116. The van der Waals surface area contributed by atoms with E-state index >= 15 is 0 Å². The Morgan fingerprint density at radius 1 is 1.00 bits per heavy atom. The first-order valence-electron chi connectivity index (χ1n) is 8.16. The minimum Gasteiger partial charge on any atom is -0.326 e. The molecule has 0 unspecified atom stereocenters. The Morgan fingerprint density at radius 2 is 1.73 bits per heavy atom. The summed E-state index contributed by atoms with van der Waals surface area (Å²) in [7, 11) is 1.82. The van der Waals surface area contributed by atoms with Gasteiger partial charge in [-0.25, -0.2) is 4.39 Å². The molecule has 0 heterocycles. The van der Waals surface area contributed by atoms with E-state index in [9.17, 15) is 14.0 Å². The van der Waals surface area contributed by atoms with Gasteiger partial charge < -0.3 is 16.0 Å². The average Bonchev–Trinajstić information content (AvgIpc) is 2.59. The summed E-state index contributed by atoms with van der Waals surface area (Å²) in [6.07, 6.45) is 1.24. The molecular formula is C19H23ClFN3O2. The van der Waals surface area contributed by atoms with Gasteiger partial charge in [-0.15, -0.1) is 12.4 Å². The first-order chi connectivity index (χ1) is 12.1. The fourth-order valence-corrected chi connectivity index (χ4v) is 2.32. The van der Waals surface area contributed by atoms with E-state index in [0.29, 0.717) is 18.5 Å². The Bertz CT molecular complexity index is 726. The summed E-state index contributed by atoms with van der Waals surface area (Å²) >= 11 is 0. The summed E-state index contributed by atoms with van der Waals surface area (Å²) in [6, 6.07) is 13.3. The molecule has 2 aromatic rings. The summed E-state index contributed by atoms with van der Waals surface area (Å²) < 4.78 is 13.9. The van der Waals surface area contributed by atoms with Crippen molar-refractivity contribution in [3.05, 3.63) is 59.9 Å². The molecular weight excluding hydrogens is 357 g/mol. The van der Waals surface area contributed by atoms with Crippen LogP contribution in [0.4, 0.5) is 15.8 Å². The Morgan fingerprint density at radius 3 is 2.42 bits per heavy atom. The van der Waals surface area contributed by atoms with Gasteiger partial charge in [0, 0.05) is 12.1 Å². The molecule has 0 aliphatic carbocycles. The maximum atomic E-state index is 13.9. The summed E-state index contributed by atoms with van der Waals surface area (Å²) in [5, 5.41) is 8.22. The Kier molecular flexibility index (Phi) is 9.33. The third-order valence-electron chi connectivity index (χ3n) is 3.56. The molecule has 0 fully saturated rings. The third-order valence-corrected chi connectivity index (χ3v) is 3.56. The largest absolute Gasteiger partial charge is 0.326 e. The van der Waals surface area contributed by atoms with Crippen molar-refractivity contribution in [2.75, 3.05) is 24.2 Å². The molecule has 2 aromatic carbocycles. The van der Waals surface area contributed by atoms with Crippen molar-refractivity contribution < 1.29 is 14.0 Å². The number of rotatable bonds is 8. The Balaban J connectivity index is 0.00000338. The number of amides is 2. The van der Waals surface area contributed by atoms with Crippen LogP contribution >= 0.6 is 12.4 Å². The molecule has 0 aromatic heterocycles. The molecule has 2 rings (SSSR count). The quantitative estimate of drug-likeness (QED) is 0.616. The van der Waals surface area contributed by atoms with Crippen molar-refractivity contribution in [1.29, 1.82) is 0 Å². The number of halogens is 2. The van der Waals surface area contributed by atoms with Crippen LogP contribution in [0.5, 0.6) is 0 Å². The number of hydrogen-bond donors (Lipinski definition) is 3. The molecule has 0 radical (unpaired) electrons. The minimum atomic E-state index is -0.547. The lowest BCUT2D eigenvalue weighted by Gasteiger charge is -2.10. The highest BCUT2D eigenvalue weighted by molar-refractivity contribution is 5.95. The van der Waals surface area contributed by atoms with E-state index in [2.05, 4.69) is 16.0 Å². The molecule has 0 spiro atoms. The highest BCUT2D eigenvalue weighted by atomic mass is 35.5. The number of carbonyl (C=O) groups excluding carboxylic acids is 2. The molecule has 0 aliphatic rings. The molecule has 26 heavy (non-hydrogen) atoms. The van der Waals surface area contributed by atoms with Gasteiger partial charge in [-0.05, 0) is 43.8 Å². The van der Waals surface area contributed by atoms with Gasteiger partial charge in [0.25, 0.3) is 0 Å². The fourth-order valence-electron chi connectivity index (χ4n) is 2.32. The molecule has 0 saturated heterocycles. The van der Waals surface area contributed by atoms with Crippen LogP contribution in [-0.2, 0) is 16.0 Å². The van der Waals surface area contributed by atoms with Crippen LogP contribution in [0.1, 0.15) is 18.4 Å². The number of carbonyl (C=O) groups is 2. The van der Waals surface area contributed by atoms with Crippen LogP contribution in [0, 0.1) is 5.82 Å². The Labute approximate surface area is 158 Å². The van der Waals surface area contributed by atoms with Gasteiger partial charge in [0.1, 0.15) is 5.82 Å². The first-order valence-corrected chi connectivity index (χ1v) is 8.16. The summed E-state index contributed by atoms with van der Waals surface area (Å²) in [5.74, 6) is -1.01. The highest BCUT2D eigenvalue weighted by Gasteiger charge is 2.10. The van der Waals surface area contributed by atoms with E-state index in [4.69, 9.17) is 0 Å². The van der Waals surface area contributed by atoms with E-state index in [1.807, 2.05) is 37.4 Å². The molecule has 7 heteroatoms. The summed E-state index contributed by atoms with van der Waals surface area (Å²) in [6.45, 7) is 0.748. The number of benzene rings is 2. The van der Waals surface area contributed by atoms with Crippen LogP contribution in [0.15, 0.2) is 48.5 Å².